The van der Waals surface area contributed by atoms with Crippen LogP contribution in [0.1, 0.15) is 52.1 Å². The fourth-order valence-corrected chi connectivity index (χ4v) is 5.39. The van der Waals surface area contributed by atoms with Gasteiger partial charge in [0.2, 0.25) is 0 Å². The van der Waals surface area contributed by atoms with Crippen LogP contribution in [0.2, 0.25) is 0 Å². The molecule has 1 saturated heterocycles. The third-order valence-electron chi connectivity index (χ3n) is 7.43. The quantitative estimate of drug-likeness (QED) is 0.690. The standard InChI is InChI=1S/C24H26N4O2/c1-14-21-12-15-4-5-16(22(29)25-3)10-18(15)24(14,2)8-9-28(21)23(30)17-6-7-19-20(11-17)27-13-26-19/h4-7,10-11,13-14,21H,8-9,12H2,1-3H3,(H,25,29)(H,26,27)/t14-,21-,24-/m1/s1. The van der Waals surface area contributed by atoms with E-state index in [0.717, 1.165) is 30.4 Å². The Bertz CT molecular complexity index is 1170. The summed E-state index contributed by atoms with van der Waals surface area (Å²) in [7, 11) is 1.66. The zero-order valence-corrected chi connectivity index (χ0v) is 17.5. The molecule has 2 heterocycles. The highest BCUT2D eigenvalue weighted by atomic mass is 16.2. The smallest absolute Gasteiger partial charge is 0.254 e. The summed E-state index contributed by atoms with van der Waals surface area (Å²) in [5.74, 6) is 0.326. The van der Waals surface area contributed by atoms with Gasteiger partial charge in [-0.2, -0.15) is 0 Å². The molecule has 1 aliphatic carbocycles. The summed E-state index contributed by atoms with van der Waals surface area (Å²) in [6.07, 6.45) is 3.35. The summed E-state index contributed by atoms with van der Waals surface area (Å²) in [5.41, 5.74) is 5.61. The van der Waals surface area contributed by atoms with Crippen LogP contribution in [0, 0.1) is 5.92 Å². The molecule has 3 atom stereocenters. The van der Waals surface area contributed by atoms with Gasteiger partial charge in [-0.05, 0) is 65.6 Å². The summed E-state index contributed by atoms with van der Waals surface area (Å²) < 4.78 is 0. The second kappa shape index (κ2) is 6.69. The number of imidazole rings is 1. The minimum absolute atomic E-state index is 0.0492. The Hall–Kier alpha value is -3.15. The number of carbonyl (C=O) groups is 2. The van der Waals surface area contributed by atoms with Crippen molar-refractivity contribution in [2.24, 2.45) is 5.92 Å². The van der Waals surface area contributed by atoms with E-state index in [1.165, 1.54) is 11.1 Å². The van der Waals surface area contributed by atoms with Gasteiger partial charge in [-0.1, -0.05) is 19.9 Å². The van der Waals surface area contributed by atoms with Crippen LogP contribution in [-0.4, -0.2) is 46.3 Å². The molecule has 0 spiro atoms. The van der Waals surface area contributed by atoms with Gasteiger partial charge in [-0.3, -0.25) is 9.59 Å². The zero-order valence-electron chi connectivity index (χ0n) is 17.5. The third-order valence-corrected chi connectivity index (χ3v) is 7.43. The number of hydrogen-bond acceptors (Lipinski definition) is 3. The van der Waals surface area contributed by atoms with E-state index in [2.05, 4.69) is 46.2 Å². The average Bonchev–Trinajstić information content (AvgIpc) is 3.23. The Morgan fingerprint density at radius 1 is 1.20 bits per heavy atom. The largest absolute Gasteiger partial charge is 0.355 e. The van der Waals surface area contributed by atoms with Crippen LogP contribution >= 0.6 is 0 Å². The highest BCUT2D eigenvalue weighted by molar-refractivity contribution is 5.98. The Labute approximate surface area is 175 Å². The molecule has 2 bridgehead atoms. The minimum Gasteiger partial charge on any atom is -0.355 e. The molecule has 6 heteroatoms. The molecule has 0 unspecified atom stereocenters. The molecule has 3 aromatic rings. The van der Waals surface area contributed by atoms with Crippen LogP contribution in [-0.2, 0) is 11.8 Å². The number of fused-ring (bicyclic) bond motifs is 5. The number of rotatable bonds is 2. The van der Waals surface area contributed by atoms with Crippen molar-refractivity contribution < 1.29 is 9.59 Å². The van der Waals surface area contributed by atoms with E-state index in [1.807, 2.05) is 24.3 Å². The van der Waals surface area contributed by atoms with Crippen LogP contribution < -0.4 is 5.32 Å². The lowest BCUT2D eigenvalue weighted by Crippen LogP contribution is -2.59. The Kier molecular flexibility index (Phi) is 4.20. The minimum atomic E-state index is -0.0574. The van der Waals surface area contributed by atoms with E-state index in [4.69, 9.17) is 0 Å². The lowest BCUT2D eigenvalue weighted by Gasteiger charge is -2.54. The van der Waals surface area contributed by atoms with Crippen molar-refractivity contribution in [1.82, 2.24) is 20.2 Å². The normalized spacial score (nSPS) is 25.1. The maximum absolute atomic E-state index is 13.4. The van der Waals surface area contributed by atoms with E-state index in [-0.39, 0.29) is 23.3 Å². The highest BCUT2D eigenvalue weighted by Crippen LogP contribution is 2.49. The molecule has 1 fully saturated rings. The van der Waals surface area contributed by atoms with Gasteiger partial charge in [0.15, 0.2) is 0 Å². The molecule has 1 aromatic heterocycles. The van der Waals surface area contributed by atoms with Gasteiger partial charge in [-0.25, -0.2) is 4.98 Å². The number of benzene rings is 2. The number of aromatic amines is 1. The van der Waals surface area contributed by atoms with Crippen molar-refractivity contribution in [1.29, 1.82) is 0 Å². The second-order valence-electron chi connectivity index (χ2n) is 8.81. The molecule has 30 heavy (non-hydrogen) atoms. The number of nitrogens with one attached hydrogen (secondary N) is 2. The van der Waals surface area contributed by atoms with Gasteiger partial charge in [0, 0.05) is 30.8 Å². The predicted octanol–water partition coefficient (Wildman–Crippen LogP) is 3.29. The summed E-state index contributed by atoms with van der Waals surface area (Å²) in [6, 6.07) is 11.8. The molecule has 0 saturated carbocycles. The molecule has 154 valence electrons. The second-order valence-corrected chi connectivity index (χ2v) is 8.81. The maximum Gasteiger partial charge on any atom is 0.254 e. The fraction of sp³-hybridized carbons (Fsp3) is 0.375. The number of piperidine rings is 1. The molecule has 0 radical (unpaired) electrons. The number of aromatic nitrogens is 2. The van der Waals surface area contributed by atoms with E-state index in [9.17, 15) is 9.59 Å². The molecule has 6 nitrogen and oxygen atoms in total. The van der Waals surface area contributed by atoms with E-state index < -0.39 is 0 Å². The van der Waals surface area contributed by atoms with E-state index in [1.54, 1.807) is 13.4 Å². The fourth-order valence-electron chi connectivity index (χ4n) is 5.39. The first-order valence-electron chi connectivity index (χ1n) is 10.5. The molecular weight excluding hydrogens is 376 g/mol. The molecule has 5 rings (SSSR count). The molecule has 2 N–H and O–H groups in total. The molecule has 2 aromatic carbocycles. The zero-order chi connectivity index (χ0) is 21.0. The SMILES string of the molecule is CNC(=O)c1ccc2c(c1)[C@]1(C)CCN(C(=O)c3ccc4nc[nH]c4c3)[C@H](C2)[C@H]1C. The number of carbonyl (C=O) groups excluding carboxylic acids is 2. The number of likely N-dealkylation sites (tertiary alicyclic amines) is 1. The van der Waals surface area contributed by atoms with Crippen LogP contribution in [0.25, 0.3) is 11.0 Å². The van der Waals surface area contributed by atoms with Gasteiger partial charge < -0.3 is 15.2 Å². The first-order valence-corrected chi connectivity index (χ1v) is 10.5. The van der Waals surface area contributed by atoms with Gasteiger partial charge in [0.1, 0.15) is 0 Å². The lowest BCUT2D eigenvalue weighted by molar-refractivity contribution is 0.0250. The average molecular weight is 402 g/mol. The van der Waals surface area contributed by atoms with E-state index >= 15 is 0 Å². The lowest BCUT2D eigenvalue weighted by atomic mass is 9.58. The number of hydrogen-bond donors (Lipinski definition) is 2. The van der Waals surface area contributed by atoms with Gasteiger partial charge in [0.05, 0.1) is 17.4 Å². The van der Waals surface area contributed by atoms with Crippen LogP contribution in [0.4, 0.5) is 0 Å². The first kappa shape index (κ1) is 18.9. The van der Waals surface area contributed by atoms with Crippen LogP contribution in [0.15, 0.2) is 42.7 Å². The van der Waals surface area contributed by atoms with Crippen molar-refractivity contribution in [3.8, 4) is 0 Å². The van der Waals surface area contributed by atoms with Crippen LogP contribution in [0.3, 0.4) is 0 Å². The number of amides is 2. The Balaban J connectivity index is 1.50. The summed E-state index contributed by atoms with van der Waals surface area (Å²) in [6.45, 7) is 5.25. The Morgan fingerprint density at radius 3 is 2.80 bits per heavy atom. The number of nitrogens with zero attached hydrogens (tertiary/aromatic N) is 2. The van der Waals surface area contributed by atoms with Crippen molar-refractivity contribution in [3.05, 3.63) is 65.0 Å². The molecule has 1 aliphatic heterocycles. The van der Waals surface area contributed by atoms with Crippen molar-refractivity contribution >= 4 is 22.8 Å². The van der Waals surface area contributed by atoms with E-state index in [0.29, 0.717) is 17.0 Å². The summed E-state index contributed by atoms with van der Waals surface area (Å²) in [4.78, 5) is 35.0. The molecule has 2 amide bonds. The topological polar surface area (TPSA) is 78.1 Å². The monoisotopic (exact) mass is 402 g/mol. The van der Waals surface area contributed by atoms with Gasteiger partial charge in [0.25, 0.3) is 11.8 Å². The highest BCUT2D eigenvalue weighted by Gasteiger charge is 2.49. The van der Waals surface area contributed by atoms with Gasteiger partial charge >= 0.3 is 0 Å². The molecular formula is C24H26N4O2. The first-order chi connectivity index (χ1) is 14.4. The van der Waals surface area contributed by atoms with Crippen LogP contribution in [0.5, 0.6) is 0 Å². The van der Waals surface area contributed by atoms with Crippen molar-refractivity contribution in [2.45, 2.75) is 38.1 Å². The number of H-pyrrole nitrogens is 1. The molecule has 2 aliphatic rings. The maximum atomic E-state index is 13.4. The Morgan fingerprint density at radius 2 is 2.00 bits per heavy atom. The van der Waals surface area contributed by atoms with Gasteiger partial charge in [-0.15, -0.1) is 0 Å². The summed E-state index contributed by atoms with van der Waals surface area (Å²) in [5, 5.41) is 2.72. The summed E-state index contributed by atoms with van der Waals surface area (Å²) >= 11 is 0. The third kappa shape index (κ3) is 2.66. The predicted molar refractivity (Wildman–Crippen MR) is 116 cm³/mol. The van der Waals surface area contributed by atoms with Crippen molar-refractivity contribution in [2.75, 3.05) is 13.6 Å². The van der Waals surface area contributed by atoms with Crippen molar-refractivity contribution in [3.63, 3.8) is 0 Å².